The van der Waals surface area contributed by atoms with Crippen molar-refractivity contribution in [3.05, 3.63) is 57.6 Å². The van der Waals surface area contributed by atoms with Crippen LogP contribution in [-0.2, 0) is 10.0 Å². The third-order valence-electron chi connectivity index (χ3n) is 4.46. The molecule has 0 unspecified atom stereocenters. The van der Waals surface area contributed by atoms with E-state index in [0.717, 1.165) is 5.69 Å². The van der Waals surface area contributed by atoms with E-state index in [0.29, 0.717) is 31.2 Å². The average molecular weight is 399 g/mol. The van der Waals surface area contributed by atoms with Crippen LogP contribution in [0.3, 0.4) is 0 Å². The van der Waals surface area contributed by atoms with E-state index in [-0.39, 0.29) is 9.92 Å². The Balaban J connectivity index is 1.76. The van der Waals surface area contributed by atoms with Crippen LogP contribution in [0.2, 0.25) is 10.0 Å². The van der Waals surface area contributed by atoms with Gasteiger partial charge in [0.25, 0.3) is 0 Å². The quantitative estimate of drug-likeness (QED) is 0.780. The maximum absolute atomic E-state index is 12.8. The van der Waals surface area contributed by atoms with Crippen LogP contribution >= 0.6 is 23.2 Å². The van der Waals surface area contributed by atoms with Gasteiger partial charge < -0.3 is 4.90 Å². The predicted octanol–water partition coefficient (Wildman–Crippen LogP) is 4.12. The number of benzene rings is 2. The summed E-state index contributed by atoms with van der Waals surface area (Å²) in [5, 5.41) is 0.594. The van der Waals surface area contributed by atoms with Crippen molar-refractivity contribution in [2.24, 2.45) is 0 Å². The second-order valence-corrected chi connectivity index (χ2v) is 9.01. The molecule has 1 aliphatic heterocycles. The SMILES string of the molecule is Cc1ccc(N2CCN(S(=O)(=O)c3ccc(Cl)c(Cl)c3)CC2)c(C)c1. The summed E-state index contributed by atoms with van der Waals surface area (Å²) in [5.74, 6) is 0. The summed E-state index contributed by atoms with van der Waals surface area (Å²) in [6.07, 6.45) is 0. The van der Waals surface area contributed by atoms with Crippen molar-refractivity contribution in [2.75, 3.05) is 31.1 Å². The van der Waals surface area contributed by atoms with Crippen LogP contribution in [0.4, 0.5) is 5.69 Å². The molecule has 0 aromatic heterocycles. The molecule has 1 fully saturated rings. The van der Waals surface area contributed by atoms with Gasteiger partial charge in [0.15, 0.2) is 0 Å². The molecule has 4 nitrogen and oxygen atoms in total. The van der Waals surface area contributed by atoms with Gasteiger partial charge in [-0.3, -0.25) is 0 Å². The van der Waals surface area contributed by atoms with Gasteiger partial charge in [0.05, 0.1) is 14.9 Å². The molecule has 0 bridgehead atoms. The third-order valence-corrected chi connectivity index (χ3v) is 7.09. The number of piperazine rings is 1. The molecular formula is C18H20Cl2N2O2S. The van der Waals surface area contributed by atoms with E-state index in [1.165, 1.54) is 33.6 Å². The maximum Gasteiger partial charge on any atom is 0.243 e. The minimum Gasteiger partial charge on any atom is -0.369 e. The lowest BCUT2D eigenvalue weighted by Gasteiger charge is -2.36. The Morgan fingerprint density at radius 2 is 1.56 bits per heavy atom. The fraction of sp³-hybridized carbons (Fsp3) is 0.333. The van der Waals surface area contributed by atoms with Crippen molar-refractivity contribution < 1.29 is 8.42 Å². The number of anilines is 1. The topological polar surface area (TPSA) is 40.6 Å². The van der Waals surface area contributed by atoms with Crippen LogP contribution < -0.4 is 4.90 Å². The van der Waals surface area contributed by atoms with Crippen LogP contribution in [0.25, 0.3) is 0 Å². The Labute approximate surface area is 159 Å². The molecule has 0 radical (unpaired) electrons. The maximum atomic E-state index is 12.8. The standard InChI is InChI=1S/C18H20Cl2N2O2S/c1-13-3-6-18(14(2)11-13)21-7-9-22(10-8-21)25(23,24)15-4-5-16(19)17(20)12-15/h3-6,11-12H,7-10H2,1-2H3. The number of hydrogen-bond donors (Lipinski definition) is 0. The first kappa shape index (κ1) is 18.5. The highest BCUT2D eigenvalue weighted by Crippen LogP contribution is 2.28. The van der Waals surface area contributed by atoms with Crippen LogP contribution in [0.5, 0.6) is 0 Å². The monoisotopic (exact) mass is 398 g/mol. The Morgan fingerprint density at radius 1 is 0.880 bits per heavy atom. The summed E-state index contributed by atoms with van der Waals surface area (Å²) >= 11 is 11.9. The Morgan fingerprint density at radius 3 is 2.16 bits per heavy atom. The first-order valence-corrected chi connectivity index (χ1v) is 10.3. The summed E-state index contributed by atoms with van der Waals surface area (Å²) < 4.78 is 27.1. The second-order valence-electron chi connectivity index (χ2n) is 6.26. The molecule has 7 heteroatoms. The van der Waals surface area contributed by atoms with Gasteiger partial charge in [0.1, 0.15) is 0 Å². The number of aryl methyl sites for hydroxylation is 2. The fourth-order valence-corrected chi connectivity index (χ4v) is 4.93. The molecule has 2 aromatic carbocycles. The van der Waals surface area contributed by atoms with Gasteiger partial charge in [-0.25, -0.2) is 8.42 Å². The van der Waals surface area contributed by atoms with Crippen molar-refractivity contribution in [2.45, 2.75) is 18.7 Å². The Hall–Kier alpha value is -1.27. The van der Waals surface area contributed by atoms with Gasteiger partial charge in [-0.15, -0.1) is 0 Å². The number of halogens is 2. The van der Waals surface area contributed by atoms with E-state index in [1.54, 1.807) is 0 Å². The first-order valence-electron chi connectivity index (χ1n) is 8.06. The molecule has 2 aromatic rings. The minimum atomic E-state index is -3.56. The molecule has 3 rings (SSSR count). The molecule has 1 aliphatic rings. The molecule has 134 valence electrons. The lowest BCUT2D eigenvalue weighted by molar-refractivity contribution is 0.385. The van der Waals surface area contributed by atoms with Gasteiger partial charge in [-0.2, -0.15) is 4.31 Å². The number of sulfonamides is 1. The Kier molecular flexibility index (Phi) is 5.30. The molecule has 0 spiro atoms. The third kappa shape index (κ3) is 3.80. The number of rotatable bonds is 3. The van der Waals surface area contributed by atoms with Crippen LogP contribution in [0, 0.1) is 13.8 Å². The zero-order valence-electron chi connectivity index (χ0n) is 14.2. The van der Waals surface area contributed by atoms with E-state index in [4.69, 9.17) is 23.2 Å². The van der Waals surface area contributed by atoms with Crippen molar-refractivity contribution in [1.82, 2.24) is 4.31 Å². The summed E-state index contributed by atoms with van der Waals surface area (Å²) in [4.78, 5) is 2.41. The van der Waals surface area contributed by atoms with Gasteiger partial charge in [0, 0.05) is 31.9 Å². The van der Waals surface area contributed by atoms with E-state index in [9.17, 15) is 8.42 Å². The molecule has 0 amide bonds. The highest BCUT2D eigenvalue weighted by atomic mass is 35.5. The van der Waals surface area contributed by atoms with E-state index < -0.39 is 10.0 Å². The van der Waals surface area contributed by atoms with E-state index >= 15 is 0 Å². The number of hydrogen-bond acceptors (Lipinski definition) is 3. The van der Waals surface area contributed by atoms with Crippen molar-refractivity contribution >= 4 is 38.9 Å². The normalized spacial score (nSPS) is 16.2. The highest BCUT2D eigenvalue weighted by molar-refractivity contribution is 7.89. The van der Waals surface area contributed by atoms with Gasteiger partial charge in [0.2, 0.25) is 10.0 Å². The minimum absolute atomic E-state index is 0.182. The molecule has 0 aliphatic carbocycles. The van der Waals surface area contributed by atoms with Gasteiger partial charge in [-0.1, -0.05) is 40.9 Å². The fourth-order valence-electron chi connectivity index (χ4n) is 3.12. The highest BCUT2D eigenvalue weighted by Gasteiger charge is 2.29. The largest absolute Gasteiger partial charge is 0.369 e. The lowest BCUT2D eigenvalue weighted by Crippen LogP contribution is -2.48. The Bertz CT molecular complexity index is 892. The first-order chi connectivity index (χ1) is 11.8. The van der Waals surface area contributed by atoms with Gasteiger partial charge >= 0.3 is 0 Å². The van der Waals surface area contributed by atoms with Crippen molar-refractivity contribution in [1.29, 1.82) is 0 Å². The summed E-state index contributed by atoms with van der Waals surface area (Å²) in [5.41, 5.74) is 3.60. The van der Waals surface area contributed by atoms with Crippen molar-refractivity contribution in [3.8, 4) is 0 Å². The summed E-state index contributed by atoms with van der Waals surface area (Å²) in [6, 6.07) is 10.8. The lowest BCUT2D eigenvalue weighted by atomic mass is 10.1. The molecule has 0 atom stereocenters. The van der Waals surface area contributed by atoms with Crippen molar-refractivity contribution in [3.63, 3.8) is 0 Å². The van der Waals surface area contributed by atoms with E-state index in [1.807, 2.05) is 0 Å². The number of nitrogens with zero attached hydrogens (tertiary/aromatic N) is 2. The smallest absolute Gasteiger partial charge is 0.243 e. The molecule has 0 N–H and O–H groups in total. The predicted molar refractivity (Wildman–Crippen MR) is 103 cm³/mol. The molecule has 1 heterocycles. The molecular weight excluding hydrogens is 379 g/mol. The average Bonchev–Trinajstić information content (AvgIpc) is 2.57. The van der Waals surface area contributed by atoms with Crippen LogP contribution in [0.1, 0.15) is 11.1 Å². The molecule has 25 heavy (non-hydrogen) atoms. The summed E-state index contributed by atoms with van der Waals surface area (Å²) in [6.45, 7) is 6.35. The molecule has 1 saturated heterocycles. The van der Waals surface area contributed by atoms with E-state index in [2.05, 4.69) is 36.9 Å². The van der Waals surface area contributed by atoms with Crippen LogP contribution in [0.15, 0.2) is 41.3 Å². The second kappa shape index (κ2) is 7.16. The van der Waals surface area contributed by atoms with Gasteiger partial charge in [-0.05, 0) is 43.7 Å². The van der Waals surface area contributed by atoms with Crippen LogP contribution in [-0.4, -0.2) is 38.9 Å². The zero-order valence-corrected chi connectivity index (χ0v) is 16.5. The zero-order chi connectivity index (χ0) is 18.2. The molecule has 0 saturated carbocycles. The summed E-state index contributed by atoms with van der Waals surface area (Å²) in [7, 11) is -3.56.